The molecule has 1 aromatic heterocycles. The zero-order valence-electron chi connectivity index (χ0n) is 11.6. The summed E-state index contributed by atoms with van der Waals surface area (Å²) in [4.78, 5) is 3.17. The number of H-pyrrole nitrogens is 1. The van der Waals surface area contributed by atoms with E-state index in [1.807, 2.05) is 28.8 Å². The maximum atomic E-state index is 13.2. The van der Waals surface area contributed by atoms with Crippen LogP contribution in [0, 0.1) is 10.6 Å². The second-order valence-corrected chi connectivity index (χ2v) is 5.23. The third kappa shape index (κ3) is 2.83. The van der Waals surface area contributed by atoms with E-state index in [4.69, 9.17) is 17.0 Å². The number of nitrogens with one attached hydrogen (secondary N) is 1. The Balaban J connectivity index is 1.90. The number of aryl methyl sites for hydroxylation is 2. The predicted molar refractivity (Wildman–Crippen MR) is 83.8 cm³/mol. The standard InChI is InChI=1S/C16H15FN2OS/c1-20-13-5-6-15-14(10-13)18-16(21)19(15)8-7-11-3-2-4-12(17)9-11/h2-6,9-10H,7-8H2,1H3,(H,18,21). The van der Waals surface area contributed by atoms with E-state index in [0.29, 0.717) is 11.3 Å². The van der Waals surface area contributed by atoms with Crippen LogP contribution < -0.4 is 4.74 Å². The molecule has 0 aliphatic heterocycles. The van der Waals surface area contributed by atoms with E-state index >= 15 is 0 Å². The summed E-state index contributed by atoms with van der Waals surface area (Å²) in [6.07, 6.45) is 0.727. The summed E-state index contributed by atoms with van der Waals surface area (Å²) in [6.45, 7) is 0.703. The summed E-state index contributed by atoms with van der Waals surface area (Å²) in [7, 11) is 1.64. The van der Waals surface area contributed by atoms with E-state index in [1.54, 1.807) is 19.2 Å². The van der Waals surface area contributed by atoms with Gasteiger partial charge in [-0.1, -0.05) is 12.1 Å². The highest BCUT2D eigenvalue weighted by Crippen LogP contribution is 2.21. The molecule has 0 spiro atoms. The van der Waals surface area contributed by atoms with Gasteiger partial charge >= 0.3 is 0 Å². The summed E-state index contributed by atoms with van der Waals surface area (Å²) in [6, 6.07) is 12.5. The van der Waals surface area contributed by atoms with Crippen LogP contribution in [0.1, 0.15) is 5.56 Å². The first-order valence-corrected chi connectivity index (χ1v) is 7.09. The molecule has 21 heavy (non-hydrogen) atoms. The molecule has 0 unspecified atom stereocenters. The SMILES string of the molecule is COc1ccc2c(c1)[nH]c(=S)n2CCc1cccc(F)c1. The molecule has 0 saturated carbocycles. The van der Waals surface area contributed by atoms with Crippen LogP contribution in [0.15, 0.2) is 42.5 Å². The third-order valence-electron chi connectivity index (χ3n) is 3.49. The van der Waals surface area contributed by atoms with Gasteiger partial charge in [0.05, 0.1) is 18.1 Å². The summed E-state index contributed by atoms with van der Waals surface area (Å²) in [5.41, 5.74) is 2.93. The molecule has 0 bridgehead atoms. The van der Waals surface area contributed by atoms with Gasteiger partial charge in [0.1, 0.15) is 11.6 Å². The molecule has 0 aliphatic carbocycles. The number of ether oxygens (including phenoxy) is 1. The molecule has 3 aromatic rings. The lowest BCUT2D eigenvalue weighted by Gasteiger charge is -2.06. The number of benzene rings is 2. The van der Waals surface area contributed by atoms with Crippen LogP contribution in [0.3, 0.4) is 0 Å². The Hall–Kier alpha value is -2.14. The van der Waals surface area contributed by atoms with Crippen LogP contribution in [0.25, 0.3) is 11.0 Å². The fourth-order valence-corrected chi connectivity index (χ4v) is 2.72. The number of halogens is 1. The van der Waals surface area contributed by atoms with Crippen molar-refractivity contribution in [1.29, 1.82) is 0 Å². The molecule has 1 N–H and O–H groups in total. The number of imidazole rings is 1. The van der Waals surface area contributed by atoms with E-state index in [-0.39, 0.29) is 5.82 Å². The number of aromatic nitrogens is 2. The van der Waals surface area contributed by atoms with E-state index < -0.39 is 0 Å². The first-order valence-electron chi connectivity index (χ1n) is 6.68. The normalized spacial score (nSPS) is 11.0. The zero-order valence-corrected chi connectivity index (χ0v) is 12.4. The molecule has 0 amide bonds. The highest BCUT2D eigenvalue weighted by molar-refractivity contribution is 7.71. The van der Waals surface area contributed by atoms with Crippen LogP contribution in [-0.2, 0) is 13.0 Å². The van der Waals surface area contributed by atoms with Gasteiger partial charge in [-0.05, 0) is 48.5 Å². The molecule has 0 atom stereocenters. The summed E-state index contributed by atoms with van der Waals surface area (Å²) in [5.74, 6) is 0.579. The number of aromatic amines is 1. The van der Waals surface area contributed by atoms with Crippen molar-refractivity contribution < 1.29 is 9.13 Å². The maximum Gasteiger partial charge on any atom is 0.178 e. The Morgan fingerprint density at radius 2 is 2.10 bits per heavy atom. The topological polar surface area (TPSA) is 29.9 Å². The summed E-state index contributed by atoms with van der Waals surface area (Å²) >= 11 is 5.37. The van der Waals surface area contributed by atoms with Crippen LogP contribution in [0.2, 0.25) is 0 Å². The minimum Gasteiger partial charge on any atom is -0.497 e. The highest BCUT2D eigenvalue weighted by atomic mass is 32.1. The van der Waals surface area contributed by atoms with E-state index in [9.17, 15) is 4.39 Å². The molecular formula is C16H15FN2OS. The average molecular weight is 302 g/mol. The Labute approximate surface area is 127 Å². The van der Waals surface area contributed by atoms with Crippen molar-refractivity contribution in [2.75, 3.05) is 7.11 Å². The molecule has 3 rings (SSSR count). The van der Waals surface area contributed by atoms with Crippen molar-refractivity contribution in [3.8, 4) is 5.75 Å². The maximum absolute atomic E-state index is 13.2. The zero-order chi connectivity index (χ0) is 14.8. The fourth-order valence-electron chi connectivity index (χ4n) is 2.43. The number of fused-ring (bicyclic) bond motifs is 1. The van der Waals surface area contributed by atoms with Crippen LogP contribution in [0.4, 0.5) is 4.39 Å². The lowest BCUT2D eigenvalue weighted by Crippen LogP contribution is -2.01. The summed E-state index contributed by atoms with van der Waals surface area (Å²) in [5, 5.41) is 0. The number of rotatable bonds is 4. The Bertz CT molecular complexity index is 838. The fraction of sp³-hybridized carbons (Fsp3) is 0.188. The molecule has 0 aliphatic rings. The van der Waals surface area contributed by atoms with Crippen molar-refractivity contribution in [3.05, 3.63) is 58.6 Å². The number of methoxy groups -OCH3 is 1. The second kappa shape index (κ2) is 5.69. The van der Waals surface area contributed by atoms with Crippen molar-refractivity contribution in [3.63, 3.8) is 0 Å². The molecule has 0 fully saturated rings. The molecular weight excluding hydrogens is 287 g/mol. The van der Waals surface area contributed by atoms with E-state index in [0.717, 1.165) is 28.8 Å². The highest BCUT2D eigenvalue weighted by Gasteiger charge is 2.06. The largest absolute Gasteiger partial charge is 0.497 e. The molecule has 108 valence electrons. The number of nitrogens with zero attached hydrogens (tertiary/aromatic N) is 1. The smallest absolute Gasteiger partial charge is 0.178 e. The number of hydrogen-bond acceptors (Lipinski definition) is 2. The van der Waals surface area contributed by atoms with Gasteiger partial charge in [-0.2, -0.15) is 0 Å². The molecule has 0 radical (unpaired) electrons. The van der Waals surface area contributed by atoms with E-state index in [2.05, 4.69) is 4.98 Å². The van der Waals surface area contributed by atoms with Crippen molar-refractivity contribution in [2.24, 2.45) is 0 Å². The van der Waals surface area contributed by atoms with E-state index in [1.165, 1.54) is 6.07 Å². The van der Waals surface area contributed by atoms with Gasteiger partial charge < -0.3 is 14.3 Å². The molecule has 2 aromatic carbocycles. The summed E-state index contributed by atoms with van der Waals surface area (Å²) < 4.78 is 21.1. The molecule has 1 heterocycles. The Morgan fingerprint density at radius 1 is 1.24 bits per heavy atom. The van der Waals surface area contributed by atoms with Crippen molar-refractivity contribution in [2.45, 2.75) is 13.0 Å². The molecule has 0 saturated heterocycles. The van der Waals surface area contributed by atoms with Crippen LogP contribution >= 0.6 is 12.2 Å². The predicted octanol–water partition coefficient (Wildman–Crippen LogP) is 4.09. The minimum atomic E-state index is -0.209. The van der Waals surface area contributed by atoms with Gasteiger partial charge in [0.2, 0.25) is 0 Å². The molecule has 3 nitrogen and oxygen atoms in total. The third-order valence-corrected chi connectivity index (χ3v) is 3.82. The van der Waals surface area contributed by atoms with Gasteiger partial charge in [0.15, 0.2) is 4.77 Å². The first kappa shape index (κ1) is 13.8. The molecule has 5 heteroatoms. The quantitative estimate of drug-likeness (QED) is 0.736. The lowest BCUT2D eigenvalue weighted by molar-refractivity contribution is 0.415. The Morgan fingerprint density at radius 3 is 2.86 bits per heavy atom. The number of hydrogen-bond donors (Lipinski definition) is 1. The minimum absolute atomic E-state index is 0.209. The first-order chi connectivity index (χ1) is 10.2. The van der Waals surface area contributed by atoms with Gasteiger partial charge in [-0.15, -0.1) is 0 Å². The van der Waals surface area contributed by atoms with Gasteiger partial charge in [-0.3, -0.25) is 0 Å². The van der Waals surface area contributed by atoms with Gasteiger partial charge in [-0.25, -0.2) is 4.39 Å². The van der Waals surface area contributed by atoms with Crippen molar-refractivity contribution in [1.82, 2.24) is 9.55 Å². The van der Waals surface area contributed by atoms with Crippen molar-refractivity contribution >= 4 is 23.3 Å². The van der Waals surface area contributed by atoms with Gasteiger partial charge in [0, 0.05) is 12.6 Å². The average Bonchev–Trinajstić information content (AvgIpc) is 2.79. The van der Waals surface area contributed by atoms with Crippen LogP contribution in [0.5, 0.6) is 5.75 Å². The second-order valence-electron chi connectivity index (χ2n) is 4.84. The lowest BCUT2D eigenvalue weighted by atomic mass is 10.1. The Kier molecular flexibility index (Phi) is 3.75. The monoisotopic (exact) mass is 302 g/mol. The van der Waals surface area contributed by atoms with Gasteiger partial charge in [0.25, 0.3) is 0 Å². The van der Waals surface area contributed by atoms with Crippen LogP contribution in [-0.4, -0.2) is 16.7 Å².